The van der Waals surface area contributed by atoms with Gasteiger partial charge >= 0.3 is 5.97 Å². The number of rotatable bonds is 7. The number of methoxy groups -OCH3 is 1. The van der Waals surface area contributed by atoms with Crippen molar-refractivity contribution in [1.82, 2.24) is 4.90 Å². The lowest BCUT2D eigenvalue weighted by Gasteiger charge is -2.18. The van der Waals surface area contributed by atoms with E-state index in [2.05, 4.69) is 13.8 Å². The molecule has 0 saturated carbocycles. The van der Waals surface area contributed by atoms with Crippen molar-refractivity contribution in [3.05, 3.63) is 28.7 Å². The number of carbonyl (C=O) groups is 2. The van der Waals surface area contributed by atoms with Gasteiger partial charge in [-0.3, -0.25) is 9.69 Å². The minimum absolute atomic E-state index is 0.236. The number of hydrogen-bond donors (Lipinski definition) is 1. The maximum atomic E-state index is 12.5. The van der Waals surface area contributed by atoms with Crippen LogP contribution in [-0.2, 0) is 9.59 Å². The molecule has 0 bridgehead atoms. The first-order valence-electron chi connectivity index (χ1n) is 8.05. The number of amides is 1. The van der Waals surface area contributed by atoms with E-state index in [0.717, 1.165) is 22.2 Å². The van der Waals surface area contributed by atoms with Gasteiger partial charge < -0.3 is 14.6 Å². The summed E-state index contributed by atoms with van der Waals surface area (Å²) in [5.74, 6) is 0.0706. The van der Waals surface area contributed by atoms with Crippen LogP contribution in [0.15, 0.2) is 23.1 Å². The van der Waals surface area contributed by atoms with Gasteiger partial charge in [0.1, 0.15) is 10.4 Å². The lowest BCUT2D eigenvalue weighted by molar-refractivity contribution is -0.144. The van der Waals surface area contributed by atoms with Crippen LogP contribution in [0.2, 0.25) is 0 Å². The highest BCUT2D eigenvalue weighted by atomic mass is 32.2. The molecule has 2 rings (SSSR count). The lowest BCUT2D eigenvalue weighted by Crippen LogP contribution is -2.41. The molecule has 1 amide bonds. The Hall–Kier alpha value is -2.06. The van der Waals surface area contributed by atoms with Gasteiger partial charge in [-0.15, -0.1) is 0 Å². The van der Waals surface area contributed by atoms with E-state index in [1.54, 1.807) is 25.3 Å². The van der Waals surface area contributed by atoms with Gasteiger partial charge in [0.15, 0.2) is 11.5 Å². The predicted octanol–water partition coefficient (Wildman–Crippen LogP) is 3.40. The average Bonchev–Trinajstić information content (AvgIpc) is 2.86. The fourth-order valence-corrected chi connectivity index (χ4v) is 3.64. The molecule has 0 spiro atoms. The zero-order chi connectivity index (χ0) is 19.4. The summed E-state index contributed by atoms with van der Waals surface area (Å²) in [5.41, 5.74) is 0.738. The highest BCUT2D eigenvalue weighted by molar-refractivity contribution is 8.26. The quantitative estimate of drug-likeness (QED) is 0.560. The number of hydrogen-bond acceptors (Lipinski definition) is 6. The van der Waals surface area contributed by atoms with Crippen molar-refractivity contribution in [3.8, 4) is 11.5 Å². The molecule has 1 N–H and O–H groups in total. The van der Waals surface area contributed by atoms with E-state index in [1.807, 2.05) is 6.07 Å². The third kappa shape index (κ3) is 4.56. The van der Waals surface area contributed by atoms with Crippen molar-refractivity contribution in [2.75, 3.05) is 13.7 Å². The topological polar surface area (TPSA) is 76.1 Å². The fourth-order valence-electron chi connectivity index (χ4n) is 2.23. The third-order valence-corrected chi connectivity index (χ3v) is 4.96. The van der Waals surface area contributed by atoms with Crippen molar-refractivity contribution in [2.24, 2.45) is 5.92 Å². The Morgan fingerprint density at radius 1 is 1.35 bits per heavy atom. The third-order valence-electron chi connectivity index (χ3n) is 3.63. The second-order valence-electron chi connectivity index (χ2n) is 6.18. The Labute approximate surface area is 162 Å². The molecule has 1 saturated heterocycles. The highest BCUT2D eigenvalue weighted by Gasteiger charge is 2.38. The number of aliphatic carboxylic acids is 1. The van der Waals surface area contributed by atoms with Crippen molar-refractivity contribution < 1.29 is 24.2 Å². The highest BCUT2D eigenvalue weighted by Crippen LogP contribution is 2.35. The Kier molecular flexibility index (Phi) is 6.66. The van der Waals surface area contributed by atoms with Gasteiger partial charge in [0.2, 0.25) is 0 Å². The molecule has 0 radical (unpaired) electrons. The SMILES string of the molecule is COc1cc(/C=C2\SC(=S)N(C(C)C(=O)O)C2=O)ccc1OCC(C)C. The average molecular weight is 396 g/mol. The minimum atomic E-state index is -1.10. The molecule has 1 unspecified atom stereocenters. The lowest BCUT2D eigenvalue weighted by atomic mass is 10.1. The Morgan fingerprint density at radius 3 is 2.62 bits per heavy atom. The summed E-state index contributed by atoms with van der Waals surface area (Å²) in [6, 6.07) is 4.36. The largest absolute Gasteiger partial charge is 0.493 e. The maximum Gasteiger partial charge on any atom is 0.326 e. The molecular weight excluding hydrogens is 374 g/mol. The Bertz CT molecular complexity index is 760. The number of thioether (sulfide) groups is 1. The molecule has 1 atom stereocenters. The summed E-state index contributed by atoms with van der Waals surface area (Å²) in [7, 11) is 1.55. The molecule has 1 fully saturated rings. The van der Waals surface area contributed by atoms with E-state index in [0.29, 0.717) is 28.9 Å². The van der Waals surface area contributed by atoms with Gasteiger partial charge in [-0.05, 0) is 36.6 Å². The van der Waals surface area contributed by atoms with Gasteiger partial charge in [-0.25, -0.2) is 4.79 Å². The number of nitrogens with zero attached hydrogens (tertiary/aromatic N) is 1. The second kappa shape index (κ2) is 8.55. The first-order valence-corrected chi connectivity index (χ1v) is 9.27. The molecule has 140 valence electrons. The summed E-state index contributed by atoms with van der Waals surface area (Å²) in [5, 5.41) is 9.13. The summed E-state index contributed by atoms with van der Waals surface area (Å²) in [6.45, 7) is 6.11. The smallest absolute Gasteiger partial charge is 0.326 e. The molecule has 26 heavy (non-hydrogen) atoms. The molecule has 8 heteroatoms. The first kappa shape index (κ1) is 20.3. The Morgan fingerprint density at radius 2 is 2.04 bits per heavy atom. The van der Waals surface area contributed by atoms with Gasteiger partial charge in [0, 0.05) is 0 Å². The van der Waals surface area contributed by atoms with Crippen LogP contribution in [0.25, 0.3) is 6.08 Å². The van der Waals surface area contributed by atoms with E-state index in [1.165, 1.54) is 6.92 Å². The van der Waals surface area contributed by atoms with Crippen LogP contribution < -0.4 is 9.47 Å². The predicted molar refractivity (Wildman–Crippen MR) is 105 cm³/mol. The number of carboxylic acids is 1. The monoisotopic (exact) mass is 395 g/mol. The van der Waals surface area contributed by atoms with Crippen LogP contribution in [0.1, 0.15) is 26.3 Å². The van der Waals surface area contributed by atoms with E-state index in [-0.39, 0.29) is 4.32 Å². The molecule has 6 nitrogen and oxygen atoms in total. The number of ether oxygens (including phenoxy) is 2. The molecule has 1 heterocycles. The van der Waals surface area contributed by atoms with Gasteiger partial charge in [0.25, 0.3) is 5.91 Å². The van der Waals surface area contributed by atoms with E-state index < -0.39 is 17.9 Å². The van der Waals surface area contributed by atoms with E-state index in [9.17, 15) is 9.59 Å². The van der Waals surface area contributed by atoms with E-state index in [4.69, 9.17) is 26.8 Å². The number of thiocarbonyl (C=S) groups is 1. The molecule has 1 aromatic rings. The van der Waals surface area contributed by atoms with Crippen molar-refractivity contribution >= 4 is 46.3 Å². The molecule has 0 aliphatic carbocycles. The minimum Gasteiger partial charge on any atom is -0.493 e. The summed E-state index contributed by atoms with van der Waals surface area (Å²) >= 11 is 6.24. The van der Waals surface area contributed by atoms with Gasteiger partial charge in [-0.2, -0.15) is 0 Å². The van der Waals surface area contributed by atoms with Crippen molar-refractivity contribution in [1.29, 1.82) is 0 Å². The number of carboxylic acid groups (broad SMARTS) is 1. The maximum absolute atomic E-state index is 12.5. The summed E-state index contributed by atoms with van der Waals surface area (Å²) < 4.78 is 11.3. The summed E-state index contributed by atoms with van der Waals surface area (Å²) in [6.07, 6.45) is 1.67. The van der Waals surface area contributed by atoms with E-state index >= 15 is 0 Å². The number of carbonyl (C=O) groups excluding carboxylic acids is 1. The first-order chi connectivity index (χ1) is 12.2. The van der Waals surface area contributed by atoms with Crippen LogP contribution in [-0.4, -0.2) is 46.0 Å². The molecule has 1 aliphatic heterocycles. The van der Waals surface area contributed by atoms with Crippen LogP contribution in [0.5, 0.6) is 11.5 Å². The van der Waals surface area contributed by atoms with Crippen molar-refractivity contribution in [3.63, 3.8) is 0 Å². The van der Waals surface area contributed by atoms with Crippen LogP contribution in [0.4, 0.5) is 0 Å². The van der Waals surface area contributed by atoms with Gasteiger partial charge in [-0.1, -0.05) is 43.9 Å². The van der Waals surface area contributed by atoms with Crippen LogP contribution >= 0.6 is 24.0 Å². The molecular formula is C18H21NO5S2. The van der Waals surface area contributed by atoms with Crippen LogP contribution in [0, 0.1) is 5.92 Å². The van der Waals surface area contributed by atoms with Gasteiger partial charge in [0.05, 0.1) is 18.6 Å². The normalized spacial score (nSPS) is 17.1. The standard InChI is InChI=1S/C18H21NO5S2/c1-10(2)9-24-13-6-5-12(7-14(13)23-4)8-15-16(20)19(18(25)26-15)11(3)17(21)22/h5-8,10-11H,9H2,1-4H3,(H,21,22)/b15-8-. The molecule has 1 aliphatic rings. The summed E-state index contributed by atoms with van der Waals surface area (Å²) in [4.78, 5) is 25.1. The molecule has 0 aromatic heterocycles. The second-order valence-corrected chi connectivity index (χ2v) is 7.86. The Balaban J connectivity index is 2.25. The van der Waals surface area contributed by atoms with Crippen molar-refractivity contribution in [2.45, 2.75) is 26.8 Å². The number of benzene rings is 1. The molecule has 1 aromatic carbocycles. The van der Waals surface area contributed by atoms with Crippen LogP contribution in [0.3, 0.4) is 0 Å². The fraction of sp³-hybridized carbons (Fsp3) is 0.389. The zero-order valence-electron chi connectivity index (χ0n) is 15.0. The zero-order valence-corrected chi connectivity index (χ0v) is 16.6.